The van der Waals surface area contributed by atoms with Crippen LogP contribution in [-0.2, 0) is 14.6 Å². The van der Waals surface area contributed by atoms with Crippen LogP contribution in [0.1, 0.15) is 12.5 Å². The van der Waals surface area contributed by atoms with Gasteiger partial charge in [-0.2, -0.15) is 0 Å². The number of halogens is 1. The van der Waals surface area contributed by atoms with E-state index >= 15 is 0 Å². The summed E-state index contributed by atoms with van der Waals surface area (Å²) in [6.07, 6.45) is 0.301. The van der Waals surface area contributed by atoms with Gasteiger partial charge in [-0.1, -0.05) is 11.6 Å². The van der Waals surface area contributed by atoms with Crippen LogP contribution in [0.5, 0.6) is 5.75 Å². The molecule has 1 aliphatic heterocycles. The van der Waals surface area contributed by atoms with Crippen LogP contribution in [-0.4, -0.2) is 62.7 Å². The van der Waals surface area contributed by atoms with Crippen molar-refractivity contribution in [1.82, 2.24) is 4.90 Å². The highest BCUT2D eigenvalue weighted by Gasteiger charge is 2.29. The Balaban J connectivity index is 1.68. The van der Waals surface area contributed by atoms with Gasteiger partial charge in [0.2, 0.25) is 0 Å². The van der Waals surface area contributed by atoms with Gasteiger partial charge in [-0.25, -0.2) is 8.42 Å². The fourth-order valence-electron chi connectivity index (χ4n) is 3.56. The maximum Gasteiger partial charge on any atom is 0.293 e. The molecule has 2 aromatic carbocycles. The molecule has 0 aromatic heterocycles. The topological polar surface area (TPSA) is 110 Å². The number of hydrogen-bond donors (Lipinski definition) is 0. The SMILES string of the molecule is Cc1cc(Cl)ccc1OC(C)C(=O)N1CCN(c2ccc(S(C)(=O)=O)cc2[N+](=O)[O-])CC1. The van der Waals surface area contributed by atoms with Crippen LogP contribution in [0.2, 0.25) is 5.02 Å². The van der Waals surface area contributed by atoms with Gasteiger partial charge in [0.15, 0.2) is 15.9 Å². The molecule has 0 aliphatic carbocycles. The monoisotopic (exact) mass is 481 g/mol. The second kappa shape index (κ2) is 9.33. The third-order valence-electron chi connectivity index (χ3n) is 5.29. The summed E-state index contributed by atoms with van der Waals surface area (Å²) in [6.45, 7) is 4.99. The Morgan fingerprint density at radius 3 is 2.38 bits per heavy atom. The van der Waals surface area contributed by atoms with E-state index in [9.17, 15) is 23.3 Å². The molecule has 32 heavy (non-hydrogen) atoms. The summed E-state index contributed by atoms with van der Waals surface area (Å²) >= 11 is 5.96. The molecule has 3 rings (SSSR count). The number of benzene rings is 2. The summed E-state index contributed by atoms with van der Waals surface area (Å²) in [5.74, 6) is 0.399. The number of rotatable bonds is 6. The molecule has 0 bridgehead atoms. The molecule has 11 heteroatoms. The van der Waals surface area contributed by atoms with Gasteiger partial charge in [-0.3, -0.25) is 14.9 Å². The third-order valence-corrected chi connectivity index (χ3v) is 6.64. The maximum absolute atomic E-state index is 12.8. The highest BCUT2D eigenvalue weighted by atomic mass is 35.5. The minimum atomic E-state index is -3.56. The number of anilines is 1. The third kappa shape index (κ3) is 5.31. The molecule has 1 aliphatic rings. The molecule has 1 heterocycles. The molecule has 2 aromatic rings. The first-order valence-electron chi connectivity index (χ1n) is 9.92. The number of carbonyl (C=O) groups excluding carboxylic acids is 1. The first-order chi connectivity index (χ1) is 15.0. The number of carbonyl (C=O) groups is 1. The second-order valence-corrected chi connectivity index (χ2v) is 10.1. The normalized spacial score (nSPS) is 15.4. The fraction of sp³-hybridized carbons (Fsp3) is 0.381. The lowest BCUT2D eigenvalue weighted by atomic mass is 10.2. The lowest BCUT2D eigenvalue weighted by Crippen LogP contribution is -2.52. The smallest absolute Gasteiger partial charge is 0.293 e. The van der Waals surface area contributed by atoms with Gasteiger partial charge < -0.3 is 14.5 Å². The summed E-state index contributed by atoms with van der Waals surface area (Å²) in [4.78, 5) is 27.1. The van der Waals surface area contributed by atoms with Crippen LogP contribution in [0.25, 0.3) is 0 Å². The Kier molecular flexibility index (Phi) is 6.94. The summed E-state index contributed by atoms with van der Waals surface area (Å²) in [5.41, 5.74) is 0.880. The zero-order valence-corrected chi connectivity index (χ0v) is 19.5. The van der Waals surface area contributed by atoms with Crippen molar-refractivity contribution in [3.8, 4) is 5.75 Å². The molecular formula is C21H24ClN3O6S. The van der Waals surface area contributed by atoms with E-state index in [2.05, 4.69) is 0 Å². The molecule has 0 radical (unpaired) electrons. The lowest BCUT2D eigenvalue weighted by Gasteiger charge is -2.36. The minimum absolute atomic E-state index is 0.106. The average molecular weight is 482 g/mol. The Hall–Kier alpha value is -2.85. The van der Waals surface area contributed by atoms with E-state index in [1.807, 2.05) is 6.92 Å². The Morgan fingerprint density at radius 1 is 1.16 bits per heavy atom. The molecule has 1 fully saturated rings. The van der Waals surface area contributed by atoms with E-state index in [1.54, 1.807) is 34.9 Å². The first kappa shape index (κ1) is 23.8. The van der Waals surface area contributed by atoms with Gasteiger partial charge in [-0.05, 0) is 49.7 Å². The Labute approximate surface area is 191 Å². The van der Waals surface area contributed by atoms with Crippen molar-refractivity contribution in [1.29, 1.82) is 0 Å². The lowest BCUT2D eigenvalue weighted by molar-refractivity contribution is -0.384. The molecule has 9 nitrogen and oxygen atoms in total. The van der Waals surface area contributed by atoms with Gasteiger partial charge in [0, 0.05) is 43.5 Å². The van der Waals surface area contributed by atoms with Crippen molar-refractivity contribution in [2.24, 2.45) is 0 Å². The van der Waals surface area contributed by atoms with Crippen LogP contribution in [0.4, 0.5) is 11.4 Å². The highest BCUT2D eigenvalue weighted by molar-refractivity contribution is 7.90. The van der Waals surface area contributed by atoms with Crippen LogP contribution in [0, 0.1) is 17.0 Å². The molecule has 1 amide bonds. The van der Waals surface area contributed by atoms with E-state index in [-0.39, 0.29) is 16.5 Å². The summed E-state index contributed by atoms with van der Waals surface area (Å²) in [7, 11) is -3.56. The van der Waals surface area contributed by atoms with Crippen LogP contribution < -0.4 is 9.64 Å². The molecule has 1 saturated heterocycles. The molecule has 172 valence electrons. The van der Waals surface area contributed by atoms with Crippen molar-refractivity contribution in [2.45, 2.75) is 24.8 Å². The van der Waals surface area contributed by atoms with E-state index in [4.69, 9.17) is 16.3 Å². The van der Waals surface area contributed by atoms with Gasteiger partial charge in [0.05, 0.1) is 9.82 Å². The number of piperazine rings is 1. The van der Waals surface area contributed by atoms with Crippen molar-refractivity contribution in [3.63, 3.8) is 0 Å². The average Bonchev–Trinajstić information content (AvgIpc) is 2.74. The molecule has 0 saturated carbocycles. The second-order valence-electron chi connectivity index (χ2n) is 7.66. The predicted molar refractivity (Wildman–Crippen MR) is 121 cm³/mol. The summed E-state index contributed by atoms with van der Waals surface area (Å²) < 4.78 is 29.3. The number of hydrogen-bond acceptors (Lipinski definition) is 7. The number of sulfone groups is 1. The number of nitro benzene ring substituents is 1. The van der Waals surface area contributed by atoms with E-state index in [0.717, 1.165) is 17.9 Å². The van der Waals surface area contributed by atoms with Crippen molar-refractivity contribution in [3.05, 3.63) is 57.1 Å². The van der Waals surface area contributed by atoms with Crippen molar-refractivity contribution < 1.29 is 22.9 Å². The maximum atomic E-state index is 12.8. The largest absolute Gasteiger partial charge is 0.481 e. The van der Waals surface area contributed by atoms with Gasteiger partial charge >= 0.3 is 0 Å². The van der Waals surface area contributed by atoms with Crippen LogP contribution in [0.15, 0.2) is 41.3 Å². The molecule has 0 N–H and O–H groups in total. The highest BCUT2D eigenvalue weighted by Crippen LogP contribution is 2.31. The van der Waals surface area contributed by atoms with Gasteiger partial charge in [0.25, 0.3) is 11.6 Å². The Bertz CT molecular complexity index is 1150. The van der Waals surface area contributed by atoms with Gasteiger partial charge in [0.1, 0.15) is 11.4 Å². The number of nitro groups is 1. The minimum Gasteiger partial charge on any atom is -0.481 e. The van der Waals surface area contributed by atoms with Crippen LogP contribution >= 0.6 is 11.6 Å². The molecular weight excluding hydrogens is 458 g/mol. The predicted octanol–water partition coefficient (Wildman–Crippen LogP) is 3.08. The molecule has 0 spiro atoms. The number of amides is 1. The quantitative estimate of drug-likeness (QED) is 0.460. The van der Waals surface area contributed by atoms with E-state index in [1.165, 1.54) is 12.1 Å². The molecule has 1 atom stereocenters. The summed E-state index contributed by atoms with van der Waals surface area (Å²) in [6, 6.07) is 9.06. The summed E-state index contributed by atoms with van der Waals surface area (Å²) in [5, 5.41) is 12.1. The number of aryl methyl sites for hydroxylation is 1. The van der Waals surface area contributed by atoms with Crippen LogP contribution in [0.3, 0.4) is 0 Å². The van der Waals surface area contributed by atoms with Gasteiger partial charge in [-0.15, -0.1) is 0 Å². The zero-order chi connectivity index (χ0) is 23.6. The van der Waals surface area contributed by atoms with E-state index < -0.39 is 20.9 Å². The van der Waals surface area contributed by atoms with Crippen molar-refractivity contribution in [2.75, 3.05) is 37.3 Å². The number of ether oxygens (including phenoxy) is 1. The van der Waals surface area contributed by atoms with E-state index in [0.29, 0.717) is 42.6 Å². The van der Waals surface area contributed by atoms with Crippen molar-refractivity contribution >= 4 is 38.7 Å². The molecule has 1 unspecified atom stereocenters. The number of nitrogens with zero attached hydrogens (tertiary/aromatic N) is 3. The zero-order valence-electron chi connectivity index (χ0n) is 17.9. The fourth-order valence-corrected chi connectivity index (χ4v) is 4.43. The first-order valence-corrected chi connectivity index (χ1v) is 12.2. The Morgan fingerprint density at radius 2 is 1.81 bits per heavy atom. The standard InChI is InChI=1S/C21H24ClN3O6S/c1-14-12-16(22)4-7-20(14)31-15(2)21(26)24-10-8-23(9-11-24)18-6-5-17(32(3,29)30)13-19(18)25(27)28/h4-7,12-13,15H,8-11H2,1-3H3.